The molecule has 0 fully saturated rings. The number of carbonyl (C=O) groups is 1. The summed E-state index contributed by atoms with van der Waals surface area (Å²) >= 11 is 6.24. The highest BCUT2D eigenvalue weighted by molar-refractivity contribution is 9.10. The average Bonchev–Trinajstić information content (AvgIpc) is 2.78. The molecule has 0 aliphatic carbocycles. The normalized spacial score (nSPS) is 12.3. The first kappa shape index (κ1) is 19.1. The minimum atomic E-state index is -4.56. The maximum atomic E-state index is 13.4. The highest BCUT2D eigenvalue weighted by atomic mass is 79.9. The summed E-state index contributed by atoms with van der Waals surface area (Å²) in [5, 5.41) is 0. The van der Waals surface area contributed by atoms with Crippen molar-refractivity contribution in [1.29, 1.82) is 0 Å². The van der Waals surface area contributed by atoms with Gasteiger partial charge in [-0.15, -0.1) is 0 Å². The maximum Gasteiger partial charge on any atom is 0.419 e. The summed E-state index contributed by atoms with van der Waals surface area (Å²) in [5.74, 6) is 0. The predicted molar refractivity (Wildman–Crippen MR) is 91.9 cm³/mol. The van der Waals surface area contributed by atoms with Crippen molar-refractivity contribution in [3.05, 3.63) is 45.0 Å². The van der Waals surface area contributed by atoms with Crippen molar-refractivity contribution < 1.29 is 22.7 Å². The lowest BCUT2D eigenvalue weighted by Gasteiger charge is -2.21. The molecule has 0 unspecified atom stereocenters. The number of halogens is 5. The minimum Gasteiger partial charge on any atom is -0.443 e. The van der Waals surface area contributed by atoms with Gasteiger partial charge in [-0.3, -0.25) is 4.57 Å². The number of hydrogen-bond acceptors (Lipinski definition) is 2. The first-order valence-corrected chi connectivity index (χ1v) is 8.45. The van der Waals surface area contributed by atoms with Crippen LogP contribution in [0.4, 0.5) is 18.0 Å². The third-order valence-corrected chi connectivity index (χ3v) is 3.87. The van der Waals surface area contributed by atoms with Crippen molar-refractivity contribution in [2.45, 2.75) is 32.5 Å². The second kappa shape index (κ2) is 6.55. The molecular weight excluding hydrogens is 455 g/mol. The fourth-order valence-electron chi connectivity index (χ4n) is 2.07. The van der Waals surface area contributed by atoms with E-state index in [9.17, 15) is 18.0 Å². The fraction of sp³-hybridized carbons (Fsp3) is 0.312. The highest BCUT2D eigenvalue weighted by Gasteiger charge is 2.35. The summed E-state index contributed by atoms with van der Waals surface area (Å²) in [6.07, 6.45) is -3.93. The van der Waals surface area contributed by atoms with E-state index in [0.29, 0.717) is 8.95 Å². The lowest BCUT2D eigenvalue weighted by molar-refractivity contribution is -0.137. The molecule has 8 heteroatoms. The maximum absolute atomic E-state index is 13.4. The lowest BCUT2D eigenvalue weighted by atomic mass is 10.0. The van der Waals surface area contributed by atoms with E-state index in [1.54, 1.807) is 20.8 Å². The number of hydrogen-bond donors (Lipinski definition) is 0. The van der Waals surface area contributed by atoms with Gasteiger partial charge in [0.25, 0.3) is 0 Å². The second-order valence-corrected chi connectivity index (χ2v) is 7.91. The van der Waals surface area contributed by atoms with Crippen LogP contribution in [-0.2, 0) is 10.9 Å². The van der Waals surface area contributed by atoms with Gasteiger partial charge in [0.1, 0.15) is 5.60 Å². The molecule has 0 saturated carbocycles. The quantitative estimate of drug-likeness (QED) is 0.479. The van der Waals surface area contributed by atoms with Gasteiger partial charge in [-0.2, -0.15) is 13.2 Å². The van der Waals surface area contributed by atoms with Crippen LogP contribution in [-0.4, -0.2) is 16.3 Å². The van der Waals surface area contributed by atoms with Crippen LogP contribution in [0.15, 0.2) is 39.4 Å². The van der Waals surface area contributed by atoms with Crippen molar-refractivity contribution >= 4 is 38.0 Å². The summed E-state index contributed by atoms with van der Waals surface area (Å²) in [6, 6.07) is 5.23. The summed E-state index contributed by atoms with van der Waals surface area (Å²) in [4.78, 5) is 12.3. The molecule has 0 spiro atoms. The van der Waals surface area contributed by atoms with Gasteiger partial charge in [-0.1, -0.05) is 22.0 Å². The highest BCUT2D eigenvalue weighted by Crippen LogP contribution is 2.39. The zero-order chi connectivity index (χ0) is 18.3. The predicted octanol–water partition coefficient (Wildman–Crippen LogP) is 6.48. The minimum absolute atomic E-state index is 0.0935. The zero-order valence-corrected chi connectivity index (χ0v) is 16.2. The Morgan fingerprint density at radius 3 is 2.25 bits per heavy atom. The van der Waals surface area contributed by atoms with Crippen LogP contribution in [0.3, 0.4) is 0 Å². The largest absolute Gasteiger partial charge is 0.443 e. The first-order valence-electron chi connectivity index (χ1n) is 6.87. The molecule has 0 saturated heterocycles. The second-order valence-electron chi connectivity index (χ2n) is 6.08. The molecule has 0 amide bonds. The Balaban J connectivity index is 2.61. The van der Waals surface area contributed by atoms with Crippen LogP contribution < -0.4 is 0 Å². The molecule has 1 aromatic carbocycles. The molecule has 2 rings (SSSR count). The van der Waals surface area contributed by atoms with E-state index in [2.05, 4.69) is 31.9 Å². The molecule has 0 N–H and O–H groups in total. The first-order chi connectivity index (χ1) is 10.9. The molecular formula is C16H14Br2F3NO2. The topological polar surface area (TPSA) is 31.2 Å². The van der Waals surface area contributed by atoms with Gasteiger partial charge in [-0.05, 0) is 54.9 Å². The smallest absolute Gasteiger partial charge is 0.419 e. The van der Waals surface area contributed by atoms with Gasteiger partial charge in [0.2, 0.25) is 0 Å². The van der Waals surface area contributed by atoms with Crippen molar-refractivity contribution in [3.63, 3.8) is 0 Å². The summed E-state index contributed by atoms with van der Waals surface area (Å²) < 4.78 is 47.2. The average molecular weight is 469 g/mol. The Bertz CT molecular complexity index is 777. The van der Waals surface area contributed by atoms with Gasteiger partial charge in [0.15, 0.2) is 0 Å². The number of ether oxygens (including phenoxy) is 1. The Hall–Kier alpha value is -1.28. The van der Waals surface area contributed by atoms with Crippen LogP contribution in [0.2, 0.25) is 0 Å². The zero-order valence-electron chi connectivity index (χ0n) is 13.0. The molecule has 0 bridgehead atoms. The number of nitrogens with zero attached hydrogens (tertiary/aromatic N) is 1. The molecule has 1 heterocycles. The van der Waals surface area contributed by atoms with Crippen LogP contribution in [0, 0.1) is 0 Å². The molecule has 0 atom stereocenters. The Morgan fingerprint density at radius 2 is 1.71 bits per heavy atom. The molecule has 3 nitrogen and oxygen atoms in total. The van der Waals surface area contributed by atoms with Gasteiger partial charge >= 0.3 is 12.3 Å². The molecule has 2 aromatic rings. The SMILES string of the molecule is CC(C)(C)OC(=O)n1cc(Br)cc1-c1ccc(Br)cc1C(F)(F)F. The van der Waals surface area contributed by atoms with Gasteiger partial charge in [0, 0.05) is 20.7 Å². The summed E-state index contributed by atoms with van der Waals surface area (Å²) in [7, 11) is 0. The molecule has 0 aliphatic heterocycles. The number of alkyl halides is 3. The molecule has 130 valence electrons. The van der Waals surface area contributed by atoms with E-state index in [-0.39, 0.29) is 11.3 Å². The Labute approximate surface area is 154 Å². The molecule has 0 radical (unpaired) electrons. The van der Waals surface area contributed by atoms with Crippen molar-refractivity contribution in [3.8, 4) is 11.3 Å². The van der Waals surface area contributed by atoms with Gasteiger partial charge in [0.05, 0.1) is 11.3 Å². The van der Waals surface area contributed by atoms with Crippen LogP contribution in [0.5, 0.6) is 0 Å². The summed E-state index contributed by atoms with van der Waals surface area (Å²) in [5.41, 5.74) is -1.62. The van der Waals surface area contributed by atoms with Crippen LogP contribution >= 0.6 is 31.9 Å². The molecule has 0 aliphatic rings. The summed E-state index contributed by atoms with van der Waals surface area (Å²) in [6.45, 7) is 5.05. The number of benzene rings is 1. The third kappa shape index (κ3) is 4.42. The van der Waals surface area contributed by atoms with E-state index < -0.39 is 23.4 Å². The fourth-order valence-corrected chi connectivity index (χ4v) is 2.86. The van der Waals surface area contributed by atoms with Crippen molar-refractivity contribution in [1.82, 2.24) is 4.57 Å². The van der Waals surface area contributed by atoms with Crippen molar-refractivity contribution in [2.75, 3.05) is 0 Å². The van der Waals surface area contributed by atoms with Crippen molar-refractivity contribution in [2.24, 2.45) is 0 Å². The van der Waals surface area contributed by atoms with E-state index in [4.69, 9.17) is 4.74 Å². The van der Waals surface area contributed by atoms with Crippen LogP contribution in [0.25, 0.3) is 11.3 Å². The Kier molecular flexibility index (Phi) is 5.20. The third-order valence-electron chi connectivity index (χ3n) is 2.94. The lowest BCUT2D eigenvalue weighted by Crippen LogP contribution is -2.27. The monoisotopic (exact) mass is 467 g/mol. The number of rotatable bonds is 1. The number of carbonyl (C=O) groups excluding carboxylic acids is 1. The van der Waals surface area contributed by atoms with Gasteiger partial charge in [-0.25, -0.2) is 4.79 Å². The van der Waals surface area contributed by atoms with E-state index >= 15 is 0 Å². The number of aromatic nitrogens is 1. The van der Waals surface area contributed by atoms with E-state index in [1.807, 2.05) is 0 Å². The van der Waals surface area contributed by atoms with E-state index in [1.165, 1.54) is 24.4 Å². The van der Waals surface area contributed by atoms with Crippen LogP contribution in [0.1, 0.15) is 26.3 Å². The standard InChI is InChI=1S/C16H14Br2F3NO2/c1-15(2,3)24-14(23)22-8-10(18)7-13(22)11-5-4-9(17)6-12(11)16(19,20)21/h4-8H,1-3H3. The van der Waals surface area contributed by atoms with E-state index in [0.717, 1.165) is 10.6 Å². The molecule has 24 heavy (non-hydrogen) atoms. The molecule has 1 aromatic heterocycles. The van der Waals surface area contributed by atoms with Gasteiger partial charge < -0.3 is 4.74 Å². The Morgan fingerprint density at radius 1 is 1.08 bits per heavy atom.